The Bertz CT molecular complexity index is 1210. The molecule has 0 spiro atoms. The maximum absolute atomic E-state index is 13.3. The van der Waals surface area contributed by atoms with Gasteiger partial charge in [-0.15, -0.1) is 11.3 Å². The summed E-state index contributed by atoms with van der Waals surface area (Å²) in [5.41, 5.74) is 3.64. The molecule has 2 aromatic heterocycles. The number of fused-ring (bicyclic) bond motifs is 2. The summed E-state index contributed by atoms with van der Waals surface area (Å²) in [6.07, 6.45) is 0.728. The molecule has 0 fully saturated rings. The summed E-state index contributed by atoms with van der Waals surface area (Å²) in [6.45, 7) is 2.56. The summed E-state index contributed by atoms with van der Waals surface area (Å²) in [4.78, 5) is 17.8. The summed E-state index contributed by atoms with van der Waals surface area (Å²) in [5, 5.41) is 6.16. The number of hydrogen-bond acceptors (Lipinski definition) is 6. The van der Waals surface area contributed by atoms with Crippen LogP contribution in [0, 0.1) is 6.92 Å². The zero-order valence-corrected chi connectivity index (χ0v) is 18.0. The quantitative estimate of drug-likeness (QED) is 0.404. The van der Waals surface area contributed by atoms with E-state index in [2.05, 4.69) is 10.3 Å². The lowest BCUT2D eigenvalue weighted by Crippen LogP contribution is -2.32. The highest BCUT2D eigenvalue weighted by Crippen LogP contribution is 2.35. The minimum absolute atomic E-state index is 0.0993. The van der Waals surface area contributed by atoms with Crippen LogP contribution < -0.4 is 10.1 Å². The summed E-state index contributed by atoms with van der Waals surface area (Å²) in [6, 6.07) is 15.5. The molecular weight excluding hydrogens is 416 g/mol. The molecule has 0 aliphatic carbocycles. The molecule has 1 aliphatic heterocycles. The van der Waals surface area contributed by atoms with Gasteiger partial charge in [0.1, 0.15) is 15.7 Å². The maximum Gasteiger partial charge on any atom is 0.287 e. The molecule has 0 saturated heterocycles. The van der Waals surface area contributed by atoms with Crippen LogP contribution in [0.3, 0.4) is 0 Å². The van der Waals surface area contributed by atoms with Gasteiger partial charge < -0.3 is 14.5 Å². The minimum atomic E-state index is -0.196. The molecule has 3 heterocycles. The lowest BCUT2D eigenvalue weighted by molar-refractivity contribution is 0.0898. The molecule has 1 unspecified atom stereocenters. The van der Waals surface area contributed by atoms with Crippen molar-refractivity contribution in [3.05, 3.63) is 76.5 Å². The summed E-state index contributed by atoms with van der Waals surface area (Å²) >= 11 is 3.25. The number of carbonyl (C=O) groups excluding carboxylic acids is 1. The Morgan fingerprint density at radius 1 is 1.23 bits per heavy atom. The van der Waals surface area contributed by atoms with Gasteiger partial charge >= 0.3 is 0 Å². The Balaban J connectivity index is 1.44. The van der Waals surface area contributed by atoms with E-state index in [9.17, 15) is 4.79 Å². The highest BCUT2D eigenvalue weighted by Gasteiger charge is 2.27. The van der Waals surface area contributed by atoms with Gasteiger partial charge in [-0.2, -0.15) is 0 Å². The number of aromatic nitrogens is 1. The van der Waals surface area contributed by atoms with E-state index in [0.29, 0.717) is 18.1 Å². The first-order valence-corrected chi connectivity index (χ1v) is 11.6. The van der Waals surface area contributed by atoms with Crippen LogP contribution in [0.4, 0.5) is 0 Å². The molecule has 4 aromatic rings. The third kappa shape index (κ3) is 3.70. The highest BCUT2D eigenvalue weighted by molar-refractivity contribution is 8.00. The van der Waals surface area contributed by atoms with Crippen LogP contribution in [-0.4, -0.2) is 17.5 Å². The van der Waals surface area contributed by atoms with Crippen LogP contribution in [0.15, 0.2) is 62.7 Å². The van der Waals surface area contributed by atoms with Crippen LogP contribution in [0.2, 0.25) is 0 Å². The van der Waals surface area contributed by atoms with E-state index in [-0.39, 0.29) is 11.9 Å². The van der Waals surface area contributed by atoms with Gasteiger partial charge in [0.05, 0.1) is 12.6 Å². The van der Waals surface area contributed by atoms with Gasteiger partial charge in [0.15, 0.2) is 5.76 Å². The minimum Gasteiger partial charge on any atom is -0.493 e. The molecule has 2 aromatic carbocycles. The Kier molecular flexibility index (Phi) is 5.23. The van der Waals surface area contributed by atoms with Gasteiger partial charge in [-0.05, 0) is 19.1 Å². The number of para-hydroxylation sites is 2. The SMILES string of the molecule is Cc1csc(SCc2c(C(=O)NC3CCOc4ccccc43)oc3ccccc23)n1. The first-order valence-electron chi connectivity index (χ1n) is 9.77. The van der Waals surface area contributed by atoms with Crippen LogP contribution >= 0.6 is 23.1 Å². The zero-order chi connectivity index (χ0) is 20.5. The standard InChI is InChI=1S/C23H20N2O3S2/c1-14-12-29-23(24-14)30-13-17-15-6-2-5-9-20(15)28-21(17)22(26)25-18-10-11-27-19-8-4-3-7-16(18)19/h2-9,12,18H,10-11,13H2,1H3,(H,25,26). The second kappa shape index (κ2) is 8.16. The number of nitrogens with one attached hydrogen (secondary N) is 1. The molecule has 30 heavy (non-hydrogen) atoms. The van der Waals surface area contributed by atoms with Gasteiger partial charge in [-0.25, -0.2) is 4.98 Å². The average molecular weight is 437 g/mol. The molecular formula is C23H20N2O3S2. The Morgan fingerprint density at radius 3 is 2.93 bits per heavy atom. The molecule has 7 heteroatoms. The smallest absolute Gasteiger partial charge is 0.287 e. The van der Waals surface area contributed by atoms with Crippen LogP contribution in [0.1, 0.15) is 39.8 Å². The van der Waals surface area contributed by atoms with Crippen molar-refractivity contribution in [3.63, 3.8) is 0 Å². The molecule has 1 N–H and O–H groups in total. The average Bonchev–Trinajstić information content (AvgIpc) is 3.35. The lowest BCUT2D eigenvalue weighted by Gasteiger charge is -2.26. The molecule has 1 aliphatic rings. The second-order valence-electron chi connectivity index (χ2n) is 7.15. The molecule has 1 atom stereocenters. The normalized spacial score (nSPS) is 15.6. The monoisotopic (exact) mass is 436 g/mol. The van der Waals surface area contributed by atoms with Crippen molar-refractivity contribution in [1.82, 2.24) is 10.3 Å². The number of thioether (sulfide) groups is 1. The molecule has 1 amide bonds. The fourth-order valence-electron chi connectivity index (χ4n) is 3.67. The van der Waals surface area contributed by atoms with Crippen LogP contribution in [0.25, 0.3) is 11.0 Å². The van der Waals surface area contributed by atoms with E-state index in [1.165, 1.54) is 0 Å². The van der Waals surface area contributed by atoms with Crippen molar-refractivity contribution < 1.29 is 13.9 Å². The fraction of sp³-hybridized carbons (Fsp3) is 0.217. The van der Waals surface area contributed by atoms with Gasteiger partial charge in [0.2, 0.25) is 0 Å². The van der Waals surface area contributed by atoms with Crippen molar-refractivity contribution in [2.24, 2.45) is 0 Å². The number of carbonyl (C=O) groups is 1. The van der Waals surface area contributed by atoms with Gasteiger partial charge in [0.25, 0.3) is 5.91 Å². The zero-order valence-electron chi connectivity index (χ0n) is 16.4. The number of hydrogen-bond donors (Lipinski definition) is 1. The Labute approximate surface area is 182 Å². The van der Waals surface area contributed by atoms with E-state index < -0.39 is 0 Å². The summed E-state index contributed by atoms with van der Waals surface area (Å²) in [5.74, 6) is 1.63. The third-order valence-electron chi connectivity index (χ3n) is 5.11. The van der Waals surface area contributed by atoms with Crippen LogP contribution in [0.5, 0.6) is 5.75 Å². The van der Waals surface area contributed by atoms with E-state index >= 15 is 0 Å². The van der Waals surface area contributed by atoms with E-state index in [1.807, 2.05) is 60.8 Å². The first-order chi connectivity index (χ1) is 14.7. The van der Waals surface area contributed by atoms with Crippen molar-refractivity contribution in [2.45, 2.75) is 29.5 Å². The largest absolute Gasteiger partial charge is 0.493 e. The molecule has 5 nitrogen and oxygen atoms in total. The number of thiazole rings is 1. The van der Waals surface area contributed by atoms with Gasteiger partial charge in [-0.3, -0.25) is 4.79 Å². The molecule has 152 valence electrons. The molecule has 0 saturated carbocycles. The number of ether oxygens (including phenoxy) is 1. The predicted octanol–water partition coefficient (Wildman–Crippen LogP) is 5.74. The van der Waals surface area contributed by atoms with Gasteiger partial charge in [0, 0.05) is 39.8 Å². The first kappa shape index (κ1) is 19.2. The van der Waals surface area contributed by atoms with E-state index in [4.69, 9.17) is 9.15 Å². The number of amides is 1. The fourth-order valence-corrected chi connectivity index (χ4v) is 5.55. The van der Waals surface area contributed by atoms with E-state index in [1.54, 1.807) is 23.1 Å². The van der Waals surface area contributed by atoms with Crippen molar-refractivity contribution in [2.75, 3.05) is 6.61 Å². The highest BCUT2D eigenvalue weighted by atomic mass is 32.2. The van der Waals surface area contributed by atoms with Crippen LogP contribution in [-0.2, 0) is 5.75 Å². The Hall–Kier alpha value is -2.77. The maximum atomic E-state index is 13.3. The predicted molar refractivity (Wildman–Crippen MR) is 119 cm³/mol. The molecule has 5 rings (SSSR count). The molecule has 0 bridgehead atoms. The van der Waals surface area contributed by atoms with Crippen molar-refractivity contribution >= 4 is 40.0 Å². The number of rotatable bonds is 5. The second-order valence-corrected chi connectivity index (χ2v) is 9.23. The number of benzene rings is 2. The summed E-state index contributed by atoms with van der Waals surface area (Å²) in [7, 11) is 0. The lowest BCUT2D eigenvalue weighted by atomic mass is 10.0. The number of furan rings is 1. The van der Waals surface area contributed by atoms with E-state index in [0.717, 1.165) is 44.3 Å². The van der Waals surface area contributed by atoms with Crippen molar-refractivity contribution in [3.8, 4) is 5.75 Å². The van der Waals surface area contributed by atoms with Gasteiger partial charge in [-0.1, -0.05) is 48.2 Å². The number of nitrogens with zero attached hydrogens (tertiary/aromatic N) is 1. The summed E-state index contributed by atoms with van der Waals surface area (Å²) < 4.78 is 12.7. The van der Waals surface area contributed by atoms with Crippen molar-refractivity contribution in [1.29, 1.82) is 0 Å². The third-order valence-corrected chi connectivity index (χ3v) is 7.27. The Morgan fingerprint density at radius 2 is 2.07 bits per heavy atom. The number of aryl methyl sites for hydroxylation is 1. The topological polar surface area (TPSA) is 64.4 Å². The molecule has 0 radical (unpaired) electrons.